The van der Waals surface area contributed by atoms with Crippen molar-refractivity contribution in [1.82, 2.24) is 4.72 Å². The van der Waals surface area contributed by atoms with E-state index < -0.39 is 21.2 Å². The molecule has 0 bridgehead atoms. The maximum Gasteiger partial charge on any atom is 0.307 e. The lowest BCUT2D eigenvalue weighted by Gasteiger charge is -2.02. The van der Waals surface area contributed by atoms with Crippen LogP contribution in [0, 0.1) is 0 Å². The van der Waals surface area contributed by atoms with E-state index in [1.165, 1.54) is 0 Å². The molecule has 0 rings (SSSR count). The van der Waals surface area contributed by atoms with Gasteiger partial charge in [-0.1, -0.05) is 0 Å². The van der Waals surface area contributed by atoms with Crippen LogP contribution in [0.5, 0.6) is 0 Å². The van der Waals surface area contributed by atoms with Crippen LogP contribution in [0.25, 0.3) is 0 Å². The van der Waals surface area contributed by atoms with Crippen LogP contribution in [0.15, 0.2) is 0 Å². The normalized spacial score (nSPS) is 11.2. The van der Waals surface area contributed by atoms with Crippen molar-refractivity contribution in [2.75, 3.05) is 18.4 Å². The predicted molar refractivity (Wildman–Crippen MR) is 48.9 cm³/mol. The summed E-state index contributed by atoms with van der Waals surface area (Å²) < 4.78 is 28.2. The zero-order valence-electron chi connectivity index (χ0n) is 7.25. The van der Waals surface area contributed by atoms with Crippen LogP contribution in [0.3, 0.4) is 0 Å². The summed E-state index contributed by atoms with van der Waals surface area (Å²) in [6.45, 7) is 2.00. The smallest absolute Gasteiger partial charge is 0.307 e. The zero-order chi connectivity index (χ0) is 10.3. The first-order valence-electron chi connectivity index (χ1n) is 3.70. The van der Waals surface area contributed by atoms with Gasteiger partial charge in [-0.3, -0.25) is 4.79 Å². The van der Waals surface area contributed by atoms with E-state index in [9.17, 15) is 13.2 Å². The summed E-state index contributed by atoms with van der Waals surface area (Å²) in [5.41, 5.74) is 0. The van der Waals surface area contributed by atoms with Gasteiger partial charge in [-0.25, -0.2) is 13.1 Å². The molecule has 0 saturated heterocycles. The Morgan fingerprint density at radius 2 is 2.15 bits per heavy atom. The minimum Gasteiger partial charge on any atom is -0.466 e. The molecule has 7 heteroatoms. The van der Waals surface area contributed by atoms with Crippen LogP contribution < -0.4 is 4.72 Å². The molecule has 0 saturated carbocycles. The van der Waals surface area contributed by atoms with E-state index in [0.29, 0.717) is 6.61 Å². The third-order valence-corrected chi connectivity index (χ3v) is 2.89. The highest BCUT2D eigenvalue weighted by molar-refractivity contribution is 7.90. The first-order valence-corrected chi connectivity index (χ1v) is 5.89. The van der Waals surface area contributed by atoms with Gasteiger partial charge in [-0.2, -0.15) is 0 Å². The second-order valence-corrected chi connectivity index (χ2v) is 4.56. The highest BCUT2D eigenvalue weighted by atomic mass is 35.5. The summed E-state index contributed by atoms with van der Waals surface area (Å²) in [7, 11) is -3.42. The van der Waals surface area contributed by atoms with Gasteiger partial charge in [-0.05, 0) is 6.92 Å². The summed E-state index contributed by atoms with van der Waals surface area (Å²) in [5.74, 6) is -0.431. The molecule has 0 radical (unpaired) electrons. The third-order valence-electron chi connectivity index (χ3n) is 1.10. The molecule has 0 aliphatic heterocycles. The monoisotopic (exact) mass is 229 g/mol. The van der Waals surface area contributed by atoms with Crippen molar-refractivity contribution < 1.29 is 17.9 Å². The Labute approximate surface area is 82.5 Å². The quantitative estimate of drug-likeness (QED) is 0.516. The fourth-order valence-electron chi connectivity index (χ4n) is 0.580. The molecule has 0 aliphatic rings. The van der Waals surface area contributed by atoms with Crippen molar-refractivity contribution in [3.8, 4) is 0 Å². The molecule has 13 heavy (non-hydrogen) atoms. The Balaban J connectivity index is 3.62. The number of nitrogens with one attached hydrogen (secondary N) is 1. The van der Waals surface area contributed by atoms with Crippen molar-refractivity contribution >= 4 is 27.6 Å². The summed E-state index contributed by atoms with van der Waals surface area (Å²) >= 11 is 5.10. The zero-order valence-corrected chi connectivity index (χ0v) is 8.82. The molecule has 0 amide bonds. The van der Waals surface area contributed by atoms with Crippen molar-refractivity contribution in [2.45, 2.75) is 13.3 Å². The molecule has 0 aliphatic carbocycles. The van der Waals surface area contributed by atoms with E-state index in [2.05, 4.69) is 9.46 Å². The number of carbonyl (C=O) groups excluding carboxylic acids is 1. The van der Waals surface area contributed by atoms with E-state index in [0.717, 1.165) is 0 Å². The summed E-state index contributed by atoms with van der Waals surface area (Å²) in [4.78, 5) is 10.7. The van der Waals surface area contributed by atoms with Gasteiger partial charge in [0.15, 0.2) is 0 Å². The molecule has 0 atom stereocenters. The number of hydrogen-bond donors (Lipinski definition) is 1. The van der Waals surface area contributed by atoms with Gasteiger partial charge in [0, 0.05) is 6.54 Å². The first kappa shape index (κ1) is 12.7. The van der Waals surface area contributed by atoms with Gasteiger partial charge in [-0.15, -0.1) is 11.6 Å². The molecule has 0 aromatic rings. The molecular formula is C6H12ClNO4S. The lowest BCUT2D eigenvalue weighted by molar-refractivity contribution is -0.142. The van der Waals surface area contributed by atoms with Crippen molar-refractivity contribution in [3.05, 3.63) is 0 Å². The molecule has 5 nitrogen and oxygen atoms in total. The first-order chi connectivity index (χ1) is 6.02. The summed E-state index contributed by atoms with van der Waals surface area (Å²) in [6, 6.07) is 0. The number of sulfonamides is 1. The number of halogens is 1. The Morgan fingerprint density at radius 1 is 1.54 bits per heavy atom. The average Bonchev–Trinajstić information content (AvgIpc) is 2.05. The topological polar surface area (TPSA) is 72.5 Å². The molecule has 0 heterocycles. The van der Waals surface area contributed by atoms with Crippen LogP contribution in [-0.4, -0.2) is 32.8 Å². The number of rotatable bonds is 6. The van der Waals surface area contributed by atoms with E-state index in [1.807, 2.05) is 0 Å². The van der Waals surface area contributed by atoms with E-state index in [4.69, 9.17) is 11.6 Å². The number of ether oxygens (including phenoxy) is 1. The lowest BCUT2D eigenvalue weighted by Crippen LogP contribution is -2.27. The molecular weight excluding hydrogens is 218 g/mol. The second kappa shape index (κ2) is 6.17. The van der Waals surface area contributed by atoms with E-state index in [1.54, 1.807) is 6.92 Å². The molecule has 0 spiro atoms. The van der Waals surface area contributed by atoms with Gasteiger partial charge in [0.05, 0.1) is 13.0 Å². The number of hydrogen-bond acceptors (Lipinski definition) is 4. The summed E-state index contributed by atoms with van der Waals surface area (Å²) in [5, 5.41) is -0.504. The number of esters is 1. The predicted octanol–water partition coefficient (Wildman–Crippen LogP) is 0.0553. The van der Waals surface area contributed by atoms with Crippen LogP contribution in [0.2, 0.25) is 0 Å². The Hall–Kier alpha value is -0.330. The fourth-order valence-corrected chi connectivity index (χ4v) is 1.30. The van der Waals surface area contributed by atoms with Gasteiger partial charge in [0.2, 0.25) is 10.0 Å². The van der Waals surface area contributed by atoms with E-state index >= 15 is 0 Å². The van der Waals surface area contributed by atoms with Gasteiger partial charge in [0.25, 0.3) is 0 Å². The lowest BCUT2D eigenvalue weighted by atomic mass is 10.4. The molecule has 0 fully saturated rings. The largest absolute Gasteiger partial charge is 0.466 e. The van der Waals surface area contributed by atoms with Crippen LogP contribution in [0.4, 0.5) is 0 Å². The van der Waals surface area contributed by atoms with Gasteiger partial charge in [0.1, 0.15) is 5.21 Å². The highest BCUT2D eigenvalue weighted by Gasteiger charge is 2.08. The molecule has 0 aromatic carbocycles. The van der Waals surface area contributed by atoms with Crippen molar-refractivity contribution in [2.24, 2.45) is 0 Å². The second-order valence-electron chi connectivity index (χ2n) is 2.17. The maximum absolute atomic E-state index is 10.7. The van der Waals surface area contributed by atoms with Crippen molar-refractivity contribution in [1.29, 1.82) is 0 Å². The molecule has 0 unspecified atom stereocenters. The van der Waals surface area contributed by atoms with Crippen LogP contribution in [-0.2, 0) is 19.6 Å². The Kier molecular flexibility index (Phi) is 6.02. The fraction of sp³-hybridized carbons (Fsp3) is 0.833. The van der Waals surface area contributed by atoms with Crippen LogP contribution in [0.1, 0.15) is 13.3 Å². The minimum atomic E-state index is -3.42. The average molecular weight is 230 g/mol. The molecule has 0 aromatic heterocycles. The highest BCUT2D eigenvalue weighted by Crippen LogP contribution is 1.90. The van der Waals surface area contributed by atoms with E-state index in [-0.39, 0.29) is 13.0 Å². The van der Waals surface area contributed by atoms with Crippen LogP contribution >= 0.6 is 11.6 Å². The van der Waals surface area contributed by atoms with Gasteiger partial charge >= 0.3 is 5.97 Å². The molecule has 78 valence electrons. The SMILES string of the molecule is CCOC(=O)CCNS(=O)(=O)CCl. The maximum atomic E-state index is 10.7. The number of carbonyl (C=O) groups is 1. The summed E-state index contributed by atoms with van der Waals surface area (Å²) in [6.07, 6.45) is 0.0178. The Bertz CT molecular complexity index is 251. The van der Waals surface area contributed by atoms with Crippen molar-refractivity contribution in [3.63, 3.8) is 0 Å². The third kappa shape index (κ3) is 6.80. The molecule has 1 N–H and O–H groups in total. The minimum absolute atomic E-state index is 0.0178. The standard InChI is InChI=1S/C6H12ClNO4S/c1-2-12-6(9)3-4-8-13(10,11)5-7/h8H,2-5H2,1H3. The number of alkyl halides is 1. The van der Waals surface area contributed by atoms with Gasteiger partial charge < -0.3 is 4.74 Å². The Morgan fingerprint density at radius 3 is 2.62 bits per heavy atom.